The second-order valence-electron chi connectivity index (χ2n) is 3.92. The summed E-state index contributed by atoms with van der Waals surface area (Å²) in [6.07, 6.45) is 2.32. The van der Waals surface area contributed by atoms with Gasteiger partial charge in [0.05, 0.1) is 17.3 Å². The highest BCUT2D eigenvalue weighted by Crippen LogP contribution is 2.34. The third kappa shape index (κ3) is 4.13. The SMILES string of the molecule is CCCOc1c(I)cc(C=C(C#N)C(N)=O)cc1OC. The van der Waals surface area contributed by atoms with E-state index >= 15 is 0 Å². The summed E-state index contributed by atoms with van der Waals surface area (Å²) in [4.78, 5) is 11.1. The number of carbonyl (C=O) groups excluding carboxylic acids is 1. The standard InChI is InChI=1S/C14H15IN2O3/c1-3-4-20-13-11(15)6-9(7-12(13)19-2)5-10(8-16)14(17)18/h5-7H,3-4H2,1-2H3,(H2,17,18). The maximum Gasteiger partial charge on any atom is 0.259 e. The molecule has 2 N–H and O–H groups in total. The molecule has 0 aliphatic rings. The van der Waals surface area contributed by atoms with E-state index in [0.717, 1.165) is 9.99 Å². The molecule has 0 radical (unpaired) electrons. The van der Waals surface area contributed by atoms with E-state index in [4.69, 9.17) is 20.5 Å². The van der Waals surface area contributed by atoms with Crippen molar-refractivity contribution in [2.24, 2.45) is 5.73 Å². The smallest absolute Gasteiger partial charge is 0.259 e. The van der Waals surface area contributed by atoms with Gasteiger partial charge in [-0.3, -0.25) is 4.79 Å². The number of ether oxygens (including phenoxy) is 2. The molecule has 1 amide bonds. The molecule has 0 aliphatic carbocycles. The number of methoxy groups -OCH3 is 1. The number of nitrogens with two attached hydrogens (primary N) is 1. The summed E-state index contributed by atoms with van der Waals surface area (Å²) in [7, 11) is 1.54. The lowest BCUT2D eigenvalue weighted by molar-refractivity contribution is -0.114. The Hall–Kier alpha value is -1.75. The number of carbonyl (C=O) groups is 1. The Morgan fingerprint density at radius 3 is 2.75 bits per heavy atom. The van der Waals surface area contributed by atoms with E-state index in [0.29, 0.717) is 23.7 Å². The van der Waals surface area contributed by atoms with Crippen LogP contribution in [0, 0.1) is 14.9 Å². The van der Waals surface area contributed by atoms with Crippen molar-refractivity contribution in [2.45, 2.75) is 13.3 Å². The Kier molecular flexibility index (Phi) is 6.31. The van der Waals surface area contributed by atoms with Crippen molar-refractivity contribution >= 4 is 34.6 Å². The van der Waals surface area contributed by atoms with E-state index in [1.165, 1.54) is 13.2 Å². The first-order valence-electron chi connectivity index (χ1n) is 5.95. The Bertz CT molecular complexity index is 577. The average Bonchev–Trinajstić information content (AvgIpc) is 2.42. The van der Waals surface area contributed by atoms with Crippen LogP contribution < -0.4 is 15.2 Å². The fraction of sp³-hybridized carbons (Fsp3) is 0.286. The fourth-order valence-corrected chi connectivity index (χ4v) is 2.27. The molecule has 0 spiro atoms. The second-order valence-corrected chi connectivity index (χ2v) is 5.08. The topological polar surface area (TPSA) is 85.3 Å². The molecule has 5 nitrogen and oxygen atoms in total. The van der Waals surface area contributed by atoms with Crippen LogP contribution in [0.25, 0.3) is 6.08 Å². The number of halogens is 1. The zero-order valence-electron chi connectivity index (χ0n) is 11.3. The van der Waals surface area contributed by atoms with E-state index in [-0.39, 0.29) is 5.57 Å². The number of hydrogen-bond acceptors (Lipinski definition) is 4. The minimum Gasteiger partial charge on any atom is -0.493 e. The van der Waals surface area contributed by atoms with Gasteiger partial charge in [-0.15, -0.1) is 0 Å². The first kappa shape index (κ1) is 16.3. The number of amides is 1. The molecular formula is C14H15IN2O3. The molecule has 20 heavy (non-hydrogen) atoms. The quantitative estimate of drug-likeness (QED) is 0.463. The number of benzene rings is 1. The van der Waals surface area contributed by atoms with Gasteiger partial charge < -0.3 is 15.2 Å². The first-order valence-corrected chi connectivity index (χ1v) is 7.03. The average molecular weight is 386 g/mol. The van der Waals surface area contributed by atoms with Crippen molar-refractivity contribution in [3.8, 4) is 17.6 Å². The Balaban J connectivity index is 3.23. The fourth-order valence-electron chi connectivity index (χ4n) is 1.49. The molecular weight excluding hydrogens is 371 g/mol. The molecule has 0 aromatic heterocycles. The number of primary amides is 1. The number of hydrogen-bond donors (Lipinski definition) is 1. The van der Waals surface area contributed by atoms with E-state index in [1.807, 2.05) is 6.92 Å². The zero-order chi connectivity index (χ0) is 15.1. The predicted octanol–water partition coefficient (Wildman–Crippen LogP) is 2.48. The summed E-state index contributed by atoms with van der Waals surface area (Å²) < 4.78 is 11.7. The maximum absolute atomic E-state index is 11.1. The summed E-state index contributed by atoms with van der Waals surface area (Å²) in [5, 5.41) is 8.85. The largest absolute Gasteiger partial charge is 0.493 e. The van der Waals surface area contributed by atoms with Gasteiger partial charge in [-0.25, -0.2) is 0 Å². The molecule has 106 valence electrons. The number of rotatable bonds is 6. The first-order chi connectivity index (χ1) is 9.53. The third-order valence-electron chi connectivity index (χ3n) is 2.40. The van der Waals surface area contributed by atoms with E-state index < -0.39 is 5.91 Å². The van der Waals surface area contributed by atoms with Crippen LogP contribution in [-0.2, 0) is 4.79 Å². The Morgan fingerprint density at radius 2 is 2.25 bits per heavy atom. The van der Waals surface area contributed by atoms with E-state index in [9.17, 15) is 4.79 Å². The minimum atomic E-state index is -0.757. The molecule has 0 atom stereocenters. The normalized spacial score (nSPS) is 10.8. The zero-order valence-corrected chi connectivity index (χ0v) is 13.4. The van der Waals surface area contributed by atoms with E-state index in [1.54, 1.807) is 18.2 Å². The molecule has 1 aromatic rings. The van der Waals surface area contributed by atoms with Gasteiger partial charge in [0.15, 0.2) is 11.5 Å². The van der Waals surface area contributed by atoms with Crippen molar-refractivity contribution < 1.29 is 14.3 Å². The lowest BCUT2D eigenvalue weighted by atomic mass is 10.1. The van der Waals surface area contributed by atoms with Crippen molar-refractivity contribution in [3.05, 3.63) is 26.8 Å². The molecule has 0 saturated heterocycles. The summed E-state index contributed by atoms with van der Waals surface area (Å²) in [6, 6.07) is 5.27. The summed E-state index contributed by atoms with van der Waals surface area (Å²) in [6.45, 7) is 2.61. The van der Waals surface area contributed by atoms with Crippen molar-refractivity contribution in [2.75, 3.05) is 13.7 Å². The Labute approximate surface area is 131 Å². The molecule has 0 heterocycles. The molecule has 1 rings (SSSR count). The van der Waals surface area contributed by atoms with Gasteiger partial charge in [-0.1, -0.05) is 6.92 Å². The van der Waals surface area contributed by atoms with Crippen LogP contribution in [-0.4, -0.2) is 19.6 Å². The van der Waals surface area contributed by atoms with Crippen LogP contribution in [0.5, 0.6) is 11.5 Å². The highest BCUT2D eigenvalue weighted by molar-refractivity contribution is 14.1. The third-order valence-corrected chi connectivity index (χ3v) is 3.20. The monoisotopic (exact) mass is 386 g/mol. The highest BCUT2D eigenvalue weighted by atomic mass is 127. The lowest BCUT2D eigenvalue weighted by Crippen LogP contribution is -2.12. The Morgan fingerprint density at radius 1 is 1.55 bits per heavy atom. The summed E-state index contributed by atoms with van der Waals surface area (Å²) >= 11 is 2.12. The molecule has 0 saturated carbocycles. The summed E-state index contributed by atoms with van der Waals surface area (Å²) in [5.74, 6) is 0.454. The van der Waals surface area contributed by atoms with Crippen molar-refractivity contribution in [1.82, 2.24) is 0 Å². The van der Waals surface area contributed by atoms with Gasteiger partial charge in [0, 0.05) is 0 Å². The van der Waals surface area contributed by atoms with Gasteiger partial charge in [-0.05, 0) is 52.8 Å². The van der Waals surface area contributed by atoms with Crippen LogP contribution in [0.1, 0.15) is 18.9 Å². The molecule has 0 aliphatic heterocycles. The highest BCUT2D eigenvalue weighted by Gasteiger charge is 2.12. The molecule has 1 aromatic carbocycles. The van der Waals surface area contributed by atoms with Crippen LogP contribution in [0.3, 0.4) is 0 Å². The van der Waals surface area contributed by atoms with Gasteiger partial charge in [0.2, 0.25) is 0 Å². The number of nitriles is 1. The summed E-state index contributed by atoms with van der Waals surface area (Å²) in [5.41, 5.74) is 5.66. The minimum absolute atomic E-state index is 0.106. The van der Waals surface area contributed by atoms with Gasteiger partial charge in [-0.2, -0.15) is 5.26 Å². The van der Waals surface area contributed by atoms with Crippen molar-refractivity contribution in [3.63, 3.8) is 0 Å². The number of nitrogens with zero attached hydrogens (tertiary/aromatic N) is 1. The van der Waals surface area contributed by atoms with Crippen molar-refractivity contribution in [1.29, 1.82) is 5.26 Å². The molecule has 0 bridgehead atoms. The molecule has 0 fully saturated rings. The molecule has 6 heteroatoms. The predicted molar refractivity (Wildman–Crippen MR) is 84.3 cm³/mol. The molecule has 0 unspecified atom stereocenters. The maximum atomic E-state index is 11.1. The van der Waals surface area contributed by atoms with Gasteiger partial charge in [0.1, 0.15) is 11.6 Å². The van der Waals surface area contributed by atoms with Gasteiger partial charge in [0.25, 0.3) is 5.91 Å². The second kappa shape index (κ2) is 7.75. The van der Waals surface area contributed by atoms with Crippen LogP contribution in [0.15, 0.2) is 17.7 Å². The lowest BCUT2D eigenvalue weighted by Gasteiger charge is -2.13. The van der Waals surface area contributed by atoms with Crippen LogP contribution in [0.4, 0.5) is 0 Å². The van der Waals surface area contributed by atoms with Crippen LogP contribution in [0.2, 0.25) is 0 Å². The van der Waals surface area contributed by atoms with Crippen LogP contribution >= 0.6 is 22.6 Å². The van der Waals surface area contributed by atoms with Gasteiger partial charge >= 0.3 is 0 Å². The van der Waals surface area contributed by atoms with E-state index in [2.05, 4.69) is 22.6 Å².